The van der Waals surface area contributed by atoms with E-state index in [0.717, 1.165) is 17.7 Å². The summed E-state index contributed by atoms with van der Waals surface area (Å²) in [5.41, 5.74) is 7.15. The molecule has 0 aromatic heterocycles. The van der Waals surface area contributed by atoms with Crippen LogP contribution in [0.1, 0.15) is 43.1 Å². The van der Waals surface area contributed by atoms with Gasteiger partial charge in [-0.15, -0.1) is 0 Å². The Morgan fingerprint density at radius 2 is 1.91 bits per heavy atom. The lowest BCUT2D eigenvalue weighted by Crippen LogP contribution is -2.33. The van der Waals surface area contributed by atoms with E-state index < -0.39 is 17.6 Å². The van der Waals surface area contributed by atoms with Crippen LogP contribution >= 0.6 is 0 Å². The highest BCUT2D eigenvalue weighted by Gasteiger charge is 2.15. The zero-order valence-corrected chi connectivity index (χ0v) is 13.7. The summed E-state index contributed by atoms with van der Waals surface area (Å²) in [5, 5.41) is 5.96. The zero-order chi connectivity index (χ0) is 16.8. The van der Waals surface area contributed by atoms with Crippen LogP contribution < -0.4 is 16.4 Å². The van der Waals surface area contributed by atoms with Gasteiger partial charge in [0.05, 0.1) is 0 Å². The molecule has 1 aromatic carbocycles. The Kier molecular flexibility index (Phi) is 6.22. The molecule has 0 spiro atoms. The van der Waals surface area contributed by atoms with Crippen molar-refractivity contribution in [2.24, 2.45) is 5.73 Å². The summed E-state index contributed by atoms with van der Waals surface area (Å²) in [6.07, 6.45) is 0.352. The van der Waals surface area contributed by atoms with Gasteiger partial charge < -0.3 is 21.1 Å². The van der Waals surface area contributed by atoms with Gasteiger partial charge in [-0.1, -0.05) is 0 Å². The van der Waals surface area contributed by atoms with Crippen LogP contribution in [0.3, 0.4) is 0 Å². The van der Waals surface area contributed by atoms with Gasteiger partial charge in [0, 0.05) is 24.3 Å². The SMILES string of the molecule is Cc1cc(C(N)=O)ccc1NCCCNC(=O)OC(C)(C)C. The van der Waals surface area contributed by atoms with Crippen LogP contribution in [-0.2, 0) is 4.74 Å². The van der Waals surface area contributed by atoms with Crippen molar-refractivity contribution in [3.05, 3.63) is 29.3 Å². The Morgan fingerprint density at radius 1 is 1.23 bits per heavy atom. The van der Waals surface area contributed by atoms with Crippen molar-refractivity contribution in [1.82, 2.24) is 5.32 Å². The number of amides is 2. The topological polar surface area (TPSA) is 93.5 Å². The number of benzene rings is 1. The van der Waals surface area contributed by atoms with E-state index in [1.807, 2.05) is 33.8 Å². The number of nitrogens with one attached hydrogen (secondary N) is 2. The average molecular weight is 307 g/mol. The minimum absolute atomic E-state index is 0.408. The predicted octanol–water partition coefficient (Wildman–Crippen LogP) is 2.42. The van der Waals surface area contributed by atoms with E-state index in [4.69, 9.17) is 10.5 Å². The number of anilines is 1. The number of nitrogens with two attached hydrogens (primary N) is 1. The Balaban J connectivity index is 2.31. The smallest absolute Gasteiger partial charge is 0.407 e. The number of aryl methyl sites for hydroxylation is 1. The highest BCUT2D eigenvalue weighted by molar-refractivity contribution is 5.93. The van der Waals surface area contributed by atoms with Crippen LogP contribution in [0.2, 0.25) is 0 Å². The summed E-state index contributed by atoms with van der Waals surface area (Å²) in [4.78, 5) is 22.5. The van der Waals surface area contributed by atoms with Crippen molar-refractivity contribution in [3.63, 3.8) is 0 Å². The maximum Gasteiger partial charge on any atom is 0.407 e. The van der Waals surface area contributed by atoms with Gasteiger partial charge in [0.15, 0.2) is 0 Å². The van der Waals surface area contributed by atoms with Gasteiger partial charge in [-0.25, -0.2) is 4.79 Å². The predicted molar refractivity (Wildman–Crippen MR) is 87.0 cm³/mol. The molecule has 0 aliphatic carbocycles. The lowest BCUT2D eigenvalue weighted by atomic mass is 10.1. The molecule has 22 heavy (non-hydrogen) atoms. The van der Waals surface area contributed by atoms with Crippen molar-refractivity contribution in [2.45, 2.75) is 39.7 Å². The molecule has 122 valence electrons. The van der Waals surface area contributed by atoms with Gasteiger partial charge in [-0.2, -0.15) is 0 Å². The van der Waals surface area contributed by atoms with Crippen LogP contribution in [0.25, 0.3) is 0 Å². The molecule has 0 fully saturated rings. The molecule has 0 atom stereocenters. The third-order valence-corrected chi connectivity index (χ3v) is 2.85. The van der Waals surface area contributed by atoms with Crippen LogP contribution in [0.4, 0.5) is 10.5 Å². The molecular weight excluding hydrogens is 282 g/mol. The molecule has 0 saturated carbocycles. The summed E-state index contributed by atoms with van der Waals surface area (Å²) in [6.45, 7) is 8.62. The summed E-state index contributed by atoms with van der Waals surface area (Å²) >= 11 is 0. The highest BCUT2D eigenvalue weighted by Crippen LogP contribution is 2.16. The maximum atomic E-state index is 11.4. The van der Waals surface area contributed by atoms with Crippen molar-refractivity contribution in [1.29, 1.82) is 0 Å². The molecular formula is C16H25N3O3. The normalized spacial score (nSPS) is 10.9. The first-order valence-electron chi connectivity index (χ1n) is 7.30. The van der Waals surface area contributed by atoms with Crippen LogP contribution in [0.5, 0.6) is 0 Å². The van der Waals surface area contributed by atoms with Gasteiger partial charge in [0.2, 0.25) is 5.91 Å². The second-order valence-electron chi connectivity index (χ2n) is 6.10. The van der Waals surface area contributed by atoms with Gasteiger partial charge in [-0.3, -0.25) is 4.79 Å². The van der Waals surface area contributed by atoms with Gasteiger partial charge in [0.1, 0.15) is 5.60 Å². The highest BCUT2D eigenvalue weighted by atomic mass is 16.6. The average Bonchev–Trinajstić information content (AvgIpc) is 2.37. The zero-order valence-electron chi connectivity index (χ0n) is 13.7. The summed E-state index contributed by atoms with van der Waals surface area (Å²) < 4.78 is 5.14. The fraction of sp³-hybridized carbons (Fsp3) is 0.500. The Hall–Kier alpha value is -2.24. The molecule has 0 aliphatic heterocycles. The number of hydrogen-bond acceptors (Lipinski definition) is 4. The van der Waals surface area contributed by atoms with Gasteiger partial charge in [0.25, 0.3) is 0 Å². The molecule has 1 aromatic rings. The number of primary amides is 1. The van der Waals surface area contributed by atoms with E-state index in [1.54, 1.807) is 12.1 Å². The van der Waals surface area contributed by atoms with Crippen LogP contribution in [0, 0.1) is 6.92 Å². The first kappa shape index (κ1) is 17.8. The number of carbonyl (C=O) groups excluding carboxylic acids is 2. The maximum absolute atomic E-state index is 11.4. The Labute approximate surface area is 131 Å². The van der Waals surface area contributed by atoms with Crippen LogP contribution in [0.15, 0.2) is 18.2 Å². The fourth-order valence-electron chi connectivity index (χ4n) is 1.83. The number of alkyl carbamates (subject to hydrolysis) is 1. The first-order chi connectivity index (χ1) is 10.2. The van der Waals surface area contributed by atoms with Crippen molar-refractivity contribution in [2.75, 3.05) is 18.4 Å². The number of carbonyl (C=O) groups is 2. The third kappa shape index (κ3) is 6.47. The molecule has 6 nitrogen and oxygen atoms in total. The molecule has 0 heterocycles. The Bertz CT molecular complexity index is 536. The monoisotopic (exact) mass is 307 g/mol. The standard InChI is InChI=1S/C16H25N3O3/c1-11-10-12(14(17)20)6-7-13(11)18-8-5-9-19-15(21)22-16(2,3)4/h6-7,10,18H,5,8-9H2,1-4H3,(H2,17,20)(H,19,21). The second-order valence-corrected chi connectivity index (χ2v) is 6.10. The fourth-order valence-corrected chi connectivity index (χ4v) is 1.83. The molecule has 2 amide bonds. The summed E-state index contributed by atoms with van der Waals surface area (Å²) in [7, 11) is 0. The first-order valence-corrected chi connectivity index (χ1v) is 7.30. The summed E-state index contributed by atoms with van der Waals surface area (Å²) in [6, 6.07) is 5.27. The molecule has 0 bridgehead atoms. The van der Waals surface area contributed by atoms with E-state index in [1.165, 1.54) is 0 Å². The summed E-state index contributed by atoms with van der Waals surface area (Å²) in [5.74, 6) is -0.434. The van der Waals surface area contributed by atoms with E-state index in [2.05, 4.69) is 10.6 Å². The van der Waals surface area contributed by atoms with Crippen molar-refractivity contribution in [3.8, 4) is 0 Å². The minimum atomic E-state index is -0.485. The quantitative estimate of drug-likeness (QED) is 0.704. The van der Waals surface area contributed by atoms with E-state index >= 15 is 0 Å². The van der Waals surface area contributed by atoms with Crippen molar-refractivity contribution < 1.29 is 14.3 Å². The van der Waals surface area contributed by atoms with Gasteiger partial charge in [-0.05, 0) is 57.9 Å². The largest absolute Gasteiger partial charge is 0.444 e. The number of hydrogen-bond donors (Lipinski definition) is 3. The number of rotatable bonds is 6. The molecule has 0 saturated heterocycles. The minimum Gasteiger partial charge on any atom is -0.444 e. The lowest BCUT2D eigenvalue weighted by Gasteiger charge is -2.19. The molecule has 0 radical (unpaired) electrons. The molecule has 4 N–H and O–H groups in total. The Morgan fingerprint density at radius 3 is 2.45 bits per heavy atom. The van der Waals surface area contributed by atoms with Gasteiger partial charge >= 0.3 is 6.09 Å². The van der Waals surface area contributed by atoms with E-state index in [0.29, 0.717) is 18.7 Å². The molecule has 6 heteroatoms. The second kappa shape index (κ2) is 7.68. The molecule has 0 unspecified atom stereocenters. The third-order valence-electron chi connectivity index (χ3n) is 2.85. The molecule has 0 aliphatic rings. The lowest BCUT2D eigenvalue weighted by molar-refractivity contribution is 0.0527. The van der Waals surface area contributed by atoms with Crippen LogP contribution in [-0.4, -0.2) is 30.7 Å². The van der Waals surface area contributed by atoms with E-state index in [9.17, 15) is 9.59 Å². The van der Waals surface area contributed by atoms with E-state index in [-0.39, 0.29) is 0 Å². The van der Waals surface area contributed by atoms with Crippen molar-refractivity contribution >= 4 is 17.7 Å². The molecule has 1 rings (SSSR count). The number of ether oxygens (including phenoxy) is 1.